The third kappa shape index (κ3) is 13.1. The molecule has 0 aromatic rings. The van der Waals surface area contributed by atoms with Crippen LogP contribution in [0, 0.1) is 0 Å². The first-order valence-electron chi connectivity index (χ1n) is 5.59. The molecule has 0 aromatic carbocycles. The van der Waals surface area contributed by atoms with E-state index in [0.717, 1.165) is 0 Å². The molecule has 108 valence electrons. The minimum absolute atomic E-state index is 0. The quantitative estimate of drug-likeness (QED) is 0.563. The number of hydrogen-bond donors (Lipinski definition) is 2. The highest BCUT2D eigenvalue weighted by Crippen LogP contribution is 2.05. The summed E-state index contributed by atoms with van der Waals surface area (Å²) in [5.41, 5.74) is -0.484. The fourth-order valence-corrected chi connectivity index (χ4v) is 0.985. The Bertz CT molecular complexity index is 254. The van der Waals surface area contributed by atoms with Gasteiger partial charge in [0.15, 0.2) is 0 Å². The molecule has 0 spiro atoms. The van der Waals surface area contributed by atoms with Gasteiger partial charge in [0.25, 0.3) is 0 Å². The van der Waals surface area contributed by atoms with Gasteiger partial charge in [-0.2, -0.15) is 0 Å². The number of carbonyl (C=O) groups is 2. The van der Waals surface area contributed by atoms with Crippen molar-refractivity contribution in [2.75, 3.05) is 26.7 Å². The lowest BCUT2D eigenvalue weighted by Crippen LogP contribution is -2.36. The molecule has 7 heteroatoms. The first-order chi connectivity index (χ1) is 7.85. The van der Waals surface area contributed by atoms with Crippen molar-refractivity contribution in [1.82, 2.24) is 10.6 Å². The standard InChI is InChI=1S/C11H22N2O4.ClH/c1-11(2,3)17-10(15)13-8-7-12-6-5-9(14)16-4;/h12H,5-8H2,1-4H3,(H,13,15);1H. The molecule has 0 rings (SSSR count). The van der Waals surface area contributed by atoms with Gasteiger partial charge < -0.3 is 20.1 Å². The van der Waals surface area contributed by atoms with Crippen LogP contribution in [0.3, 0.4) is 0 Å². The Kier molecular flexibility index (Phi) is 10.7. The third-order valence-corrected chi connectivity index (χ3v) is 1.70. The van der Waals surface area contributed by atoms with Crippen molar-refractivity contribution in [1.29, 1.82) is 0 Å². The second kappa shape index (κ2) is 9.96. The Labute approximate surface area is 114 Å². The van der Waals surface area contributed by atoms with Gasteiger partial charge in [0.2, 0.25) is 0 Å². The fourth-order valence-electron chi connectivity index (χ4n) is 0.985. The van der Waals surface area contributed by atoms with Gasteiger partial charge in [0.05, 0.1) is 13.5 Å². The van der Waals surface area contributed by atoms with E-state index in [2.05, 4.69) is 15.4 Å². The molecule has 0 saturated carbocycles. The molecule has 0 atom stereocenters. The molecule has 0 aliphatic rings. The highest BCUT2D eigenvalue weighted by atomic mass is 35.5. The van der Waals surface area contributed by atoms with Crippen LogP contribution in [0.4, 0.5) is 4.79 Å². The van der Waals surface area contributed by atoms with Crippen LogP contribution in [0.25, 0.3) is 0 Å². The molecule has 18 heavy (non-hydrogen) atoms. The highest BCUT2D eigenvalue weighted by molar-refractivity contribution is 5.85. The zero-order valence-electron chi connectivity index (χ0n) is 11.4. The molecular weight excluding hydrogens is 260 g/mol. The topological polar surface area (TPSA) is 76.7 Å². The van der Waals surface area contributed by atoms with E-state index >= 15 is 0 Å². The summed E-state index contributed by atoms with van der Waals surface area (Å²) in [6.07, 6.45) is -0.115. The number of halogens is 1. The van der Waals surface area contributed by atoms with Crippen LogP contribution in [0.15, 0.2) is 0 Å². The molecule has 0 fully saturated rings. The van der Waals surface area contributed by atoms with E-state index < -0.39 is 11.7 Å². The molecule has 0 aliphatic heterocycles. The van der Waals surface area contributed by atoms with Crippen molar-refractivity contribution in [3.05, 3.63) is 0 Å². The van der Waals surface area contributed by atoms with Crippen molar-refractivity contribution < 1.29 is 19.1 Å². The largest absolute Gasteiger partial charge is 0.469 e. The molecule has 6 nitrogen and oxygen atoms in total. The van der Waals surface area contributed by atoms with Gasteiger partial charge in [-0.05, 0) is 20.8 Å². The summed E-state index contributed by atoms with van der Waals surface area (Å²) in [6.45, 7) is 6.98. The van der Waals surface area contributed by atoms with Crippen molar-refractivity contribution in [2.24, 2.45) is 0 Å². The summed E-state index contributed by atoms with van der Waals surface area (Å²) >= 11 is 0. The van der Waals surface area contributed by atoms with Crippen LogP contribution >= 0.6 is 12.4 Å². The maximum atomic E-state index is 11.2. The van der Waals surface area contributed by atoms with Gasteiger partial charge in [0.1, 0.15) is 5.60 Å². The minimum atomic E-state index is -0.484. The number of nitrogens with one attached hydrogen (secondary N) is 2. The number of hydrogen-bond acceptors (Lipinski definition) is 5. The predicted molar refractivity (Wildman–Crippen MR) is 71.0 cm³/mol. The van der Waals surface area contributed by atoms with E-state index in [0.29, 0.717) is 26.1 Å². The summed E-state index contributed by atoms with van der Waals surface area (Å²) in [6, 6.07) is 0. The molecule has 0 radical (unpaired) electrons. The predicted octanol–water partition coefficient (Wildman–Crippen LogP) is 1.09. The van der Waals surface area contributed by atoms with Crippen LogP contribution in [0.1, 0.15) is 27.2 Å². The maximum Gasteiger partial charge on any atom is 0.407 e. The van der Waals surface area contributed by atoms with E-state index in [9.17, 15) is 9.59 Å². The average Bonchev–Trinajstić information content (AvgIpc) is 2.20. The molecule has 2 N–H and O–H groups in total. The van der Waals surface area contributed by atoms with Gasteiger partial charge in [-0.25, -0.2) is 4.79 Å². The van der Waals surface area contributed by atoms with Gasteiger partial charge in [-0.15, -0.1) is 12.4 Å². The van der Waals surface area contributed by atoms with Crippen LogP contribution in [-0.2, 0) is 14.3 Å². The molecule has 0 aromatic heterocycles. The lowest BCUT2D eigenvalue weighted by atomic mass is 10.2. The second-order valence-electron chi connectivity index (χ2n) is 4.50. The normalized spacial score (nSPS) is 10.2. The van der Waals surface area contributed by atoms with Crippen LogP contribution < -0.4 is 10.6 Å². The third-order valence-electron chi connectivity index (χ3n) is 1.70. The number of methoxy groups -OCH3 is 1. The highest BCUT2D eigenvalue weighted by Gasteiger charge is 2.15. The Morgan fingerprint density at radius 2 is 1.72 bits per heavy atom. The molecule has 1 amide bonds. The number of esters is 1. The number of ether oxygens (including phenoxy) is 2. The van der Waals surface area contributed by atoms with Gasteiger partial charge in [-0.3, -0.25) is 4.79 Å². The van der Waals surface area contributed by atoms with Crippen LogP contribution in [0.2, 0.25) is 0 Å². The monoisotopic (exact) mass is 282 g/mol. The first-order valence-corrected chi connectivity index (χ1v) is 5.59. The summed E-state index contributed by atoms with van der Waals surface area (Å²) in [5.74, 6) is -0.252. The Morgan fingerprint density at radius 1 is 1.11 bits per heavy atom. The van der Waals surface area contributed by atoms with E-state index in [1.807, 2.05) is 0 Å². The molecule has 0 bridgehead atoms. The van der Waals surface area contributed by atoms with Crippen molar-refractivity contribution in [2.45, 2.75) is 32.8 Å². The van der Waals surface area contributed by atoms with E-state index in [1.165, 1.54) is 7.11 Å². The summed E-state index contributed by atoms with van der Waals surface area (Å²) in [4.78, 5) is 22.0. The van der Waals surface area contributed by atoms with E-state index in [1.54, 1.807) is 20.8 Å². The fraction of sp³-hybridized carbons (Fsp3) is 0.818. The average molecular weight is 283 g/mol. The SMILES string of the molecule is COC(=O)CCNCCNC(=O)OC(C)(C)C.Cl. The summed E-state index contributed by atoms with van der Waals surface area (Å²) in [5, 5.41) is 5.60. The van der Waals surface area contributed by atoms with Crippen LogP contribution in [-0.4, -0.2) is 44.4 Å². The lowest BCUT2D eigenvalue weighted by molar-refractivity contribution is -0.140. The second-order valence-corrected chi connectivity index (χ2v) is 4.50. The number of alkyl carbamates (subject to hydrolysis) is 1. The minimum Gasteiger partial charge on any atom is -0.469 e. The maximum absolute atomic E-state index is 11.2. The van der Waals surface area contributed by atoms with E-state index in [-0.39, 0.29) is 18.4 Å². The number of amides is 1. The first kappa shape index (κ1) is 19.3. The summed E-state index contributed by atoms with van der Waals surface area (Å²) < 4.78 is 9.53. The number of carbonyl (C=O) groups excluding carboxylic acids is 2. The zero-order chi connectivity index (χ0) is 13.3. The van der Waals surface area contributed by atoms with Crippen LogP contribution in [0.5, 0.6) is 0 Å². The lowest BCUT2D eigenvalue weighted by Gasteiger charge is -2.19. The Morgan fingerprint density at radius 3 is 2.22 bits per heavy atom. The zero-order valence-corrected chi connectivity index (χ0v) is 12.2. The Hall–Kier alpha value is -1.01. The van der Waals surface area contributed by atoms with E-state index in [4.69, 9.17) is 4.74 Å². The molecule has 0 heterocycles. The molecule has 0 aliphatic carbocycles. The van der Waals surface area contributed by atoms with Crippen molar-refractivity contribution in [3.8, 4) is 0 Å². The van der Waals surface area contributed by atoms with Gasteiger partial charge in [0, 0.05) is 19.6 Å². The van der Waals surface area contributed by atoms with Crippen molar-refractivity contribution >= 4 is 24.5 Å². The Balaban J connectivity index is 0. The smallest absolute Gasteiger partial charge is 0.407 e. The molecule has 0 saturated heterocycles. The van der Waals surface area contributed by atoms with Gasteiger partial charge in [-0.1, -0.05) is 0 Å². The summed E-state index contributed by atoms with van der Waals surface area (Å²) in [7, 11) is 1.35. The molecular formula is C11H23ClN2O4. The molecule has 0 unspecified atom stereocenters. The van der Waals surface area contributed by atoms with Crippen molar-refractivity contribution in [3.63, 3.8) is 0 Å². The van der Waals surface area contributed by atoms with Gasteiger partial charge >= 0.3 is 12.1 Å². The number of rotatable bonds is 6.